The molecule has 3 aromatic rings. The van der Waals surface area contributed by atoms with Gasteiger partial charge in [-0.25, -0.2) is 0 Å². The van der Waals surface area contributed by atoms with Crippen molar-refractivity contribution < 1.29 is 9.59 Å². The molecule has 30 heavy (non-hydrogen) atoms. The Labute approximate surface area is 177 Å². The summed E-state index contributed by atoms with van der Waals surface area (Å²) in [6.07, 6.45) is 2.33. The Bertz CT molecular complexity index is 981. The van der Waals surface area contributed by atoms with Gasteiger partial charge in [0.15, 0.2) is 0 Å². The van der Waals surface area contributed by atoms with Crippen molar-refractivity contribution in [2.45, 2.75) is 39.3 Å². The minimum Gasteiger partial charge on any atom is -0.380 e. The number of benzene rings is 2. The molecule has 158 valence electrons. The van der Waals surface area contributed by atoms with Crippen LogP contribution in [0, 0.1) is 5.92 Å². The average Bonchev–Trinajstić information content (AvgIpc) is 3.13. The smallest absolute Gasteiger partial charge is 0.242 e. The fourth-order valence-electron chi connectivity index (χ4n) is 3.51. The molecule has 6 nitrogen and oxygen atoms in total. The molecule has 0 radical (unpaired) electrons. The van der Waals surface area contributed by atoms with Gasteiger partial charge in [0.05, 0.1) is 0 Å². The van der Waals surface area contributed by atoms with Gasteiger partial charge < -0.3 is 20.9 Å². The maximum absolute atomic E-state index is 13.0. The highest BCUT2D eigenvalue weighted by Crippen LogP contribution is 2.19. The first-order valence-corrected chi connectivity index (χ1v) is 10.4. The minimum absolute atomic E-state index is 0.0717. The number of anilines is 1. The van der Waals surface area contributed by atoms with Crippen molar-refractivity contribution in [2.75, 3.05) is 11.9 Å². The number of carbonyl (C=O) groups excluding carboxylic acids is 2. The first kappa shape index (κ1) is 21.4. The zero-order chi connectivity index (χ0) is 21.5. The van der Waals surface area contributed by atoms with Crippen molar-refractivity contribution in [3.05, 3.63) is 66.4 Å². The lowest BCUT2D eigenvalue weighted by Gasteiger charge is -2.25. The number of rotatable bonds is 9. The van der Waals surface area contributed by atoms with Crippen molar-refractivity contribution in [3.8, 4) is 0 Å². The third kappa shape index (κ3) is 5.63. The Balaban J connectivity index is 1.67. The van der Waals surface area contributed by atoms with E-state index in [-0.39, 0.29) is 17.9 Å². The Morgan fingerprint density at radius 2 is 1.70 bits per heavy atom. The molecule has 2 aromatic carbocycles. The molecule has 2 unspecified atom stereocenters. The number of para-hydroxylation sites is 2. The van der Waals surface area contributed by atoms with Crippen molar-refractivity contribution in [2.24, 2.45) is 5.92 Å². The summed E-state index contributed by atoms with van der Waals surface area (Å²) in [5.74, 6) is -0.0906. The number of hydrogen-bond donors (Lipinski definition) is 4. The molecule has 0 saturated heterocycles. The normalized spacial score (nSPS) is 13.1. The predicted molar refractivity (Wildman–Crippen MR) is 121 cm³/mol. The lowest BCUT2D eigenvalue weighted by Crippen LogP contribution is -2.50. The second-order valence-electron chi connectivity index (χ2n) is 7.92. The Hall–Kier alpha value is -3.28. The molecule has 2 atom stereocenters. The molecule has 2 amide bonds. The molecule has 3 rings (SSSR count). The summed E-state index contributed by atoms with van der Waals surface area (Å²) in [6.45, 7) is 6.13. The van der Waals surface area contributed by atoms with Gasteiger partial charge >= 0.3 is 0 Å². The third-order valence-corrected chi connectivity index (χ3v) is 5.22. The molecule has 1 heterocycles. The molecule has 0 bridgehead atoms. The van der Waals surface area contributed by atoms with E-state index >= 15 is 0 Å². The number of H-pyrrole nitrogens is 1. The van der Waals surface area contributed by atoms with Gasteiger partial charge in [-0.1, -0.05) is 50.2 Å². The Morgan fingerprint density at radius 3 is 2.40 bits per heavy atom. The van der Waals surface area contributed by atoms with E-state index in [4.69, 9.17) is 0 Å². The highest BCUT2D eigenvalue weighted by molar-refractivity contribution is 5.89. The van der Waals surface area contributed by atoms with Gasteiger partial charge in [-0.15, -0.1) is 0 Å². The van der Waals surface area contributed by atoms with E-state index in [2.05, 4.69) is 34.8 Å². The number of fused-ring (bicyclic) bond motifs is 1. The number of nitrogens with one attached hydrogen (secondary N) is 4. The van der Waals surface area contributed by atoms with Gasteiger partial charge in [-0.2, -0.15) is 0 Å². The monoisotopic (exact) mass is 406 g/mol. The highest BCUT2D eigenvalue weighted by Gasteiger charge is 2.23. The van der Waals surface area contributed by atoms with E-state index in [0.29, 0.717) is 18.9 Å². The number of amides is 2. The van der Waals surface area contributed by atoms with Crippen LogP contribution in [0.15, 0.2) is 60.8 Å². The molecule has 0 fully saturated rings. The molecule has 6 heteroatoms. The van der Waals surface area contributed by atoms with Crippen molar-refractivity contribution in [1.29, 1.82) is 0 Å². The van der Waals surface area contributed by atoms with Crippen LogP contribution < -0.4 is 16.0 Å². The molecule has 0 aliphatic carbocycles. The van der Waals surface area contributed by atoms with Crippen LogP contribution in [-0.2, 0) is 16.0 Å². The van der Waals surface area contributed by atoms with Gasteiger partial charge in [-0.05, 0) is 29.7 Å². The maximum Gasteiger partial charge on any atom is 0.242 e. The third-order valence-electron chi connectivity index (χ3n) is 5.22. The SMILES string of the molecule is CC(=O)NC(Cc1c[nH]c2ccccc12)C(=O)NCC(Nc1ccccc1)C(C)C. The van der Waals surface area contributed by atoms with Crippen LogP contribution >= 0.6 is 0 Å². The van der Waals surface area contributed by atoms with Crippen LogP contribution in [0.2, 0.25) is 0 Å². The maximum atomic E-state index is 13.0. The Kier molecular flexibility index (Phi) is 7.12. The molecule has 0 aliphatic heterocycles. The largest absolute Gasteiger partial charge is 0.380 e. The van der Waals surface area contributed by atoms with Crippen LogP contribution in [0.1, 0.15) is 26.3 Å². The summed E-state index contributed by atoms with van der Waals surface area (Å²) in [5, 5.41) is 10.4. The van der Waals surface area contributed by atoms with E-state index in [1.54, 1.807) is 0 Å². The first-order valence-electron chi connectivity index (χ1n) is 10.4. The topological polar surface area (TPSA) is 86.0 Å². The van der Waals surface area contributed by atoms with E-state index in [1.165, 1.54) is 6.92 Å². The van der Waals surface area contributed by atoms with Crippen LogP contribution in [0.3, 0.4) is 0 Å². The van der Waals surface area contributed by atoms with Crippen LogP contribution in [0.5, 0.6) is 0 Å². The molecular weight excluding hydrogens is 376 g/mol. The standard InChI is InChI=1S/C24H30N4O2/c1-16(2)23(28-19-9-5-4-6-10-19)15-26-24(30)22(27-17(3)29)13-18-14-25-21-12-8-7-11-20(18)21/h4-12,14,16,22-23,25,28H,13,15H2,1-3H3,(H,26,30)(H,27,29). The van der Waals surface area contributed by atoms with Gasteiger partial charge in [0.1, 0.15) is 6.04 Å². The van der Waals surface area contributed by atoms with Crippen molar-refractivity contribution in [3.63, 3.8) is 0 Å². The summed E-state index contributed by atoms with van der Waals surface area (Å²) in [6, 6.07) is 17.3. The van der Waals surface area contributed by atoms with Crippen LogP contribution in [0.25, 0.3) is 10.9 Å². The zero-order valence-corrected chi connectivity index (χ0v) is 17.7. The van der Waals surface area contributed by atoms with Crippen molar-refractivity contribution in [1.82, 2.24) is 15.6 Å². The number of hydrogen-bond acceptors (Lipinski definition) is 3. The van der Waals surface area contributed by atoms with E-state index in [9.17, 15) is 9.59 Å². The van der Waals surface area contributed by atoms with E-state index in [0.717, 1.165) is 22.2 Å². The summed E-state index contributed by atoms with van der Waals surface area (Å²) in [7, 11) is 0. The highest BCUT2D eigenvalue weighted by atomic mass is 16.2. The fourth-order valence-corrected chi connectivity index (χ4v) is 3.51. The number of carbonyl (C=O) groups is 2. The summed E-state index contributed by atoms with van der Waals surface area (Å²) in [4.78, 5) is 27.9. The molecule has 4 N–H and O–H groups in total. The minimum atomic E-state index is -0.633. The van der Waals surface area contributed by atoms with Gasteiger partial charge in [0.2, 0.25) is 11.8 Å². The van der Waals surface area contributed by atoms with E-state index < -0.39 is 6.04 Å². The molecular formula is C24H30N4O2. The average molecular weight is 407 g/mol. The van der Waals surface area contributed by atoms with Gasteiger partial charge in [0.25, 0.3) is 0 Å². The zero-order valence-electron chi connectivity index (χ0n) is 17.7. The first-order chi connectivity index (χ1) is 14.4. The van der Waals surface area contributed by atoms with Crippen molar-refractivity contribution >= 4 is 28.4 Å². The van der Waals surface area contributed by atoms with Gasteiger partial charge in [-0.3, -0.25) is 9.59 Å². The Morgan fingerprint density at radius 1 is 1.00 bits per heavy atom. The molecule has 0 spiro atoms. The van der Waals surface area contributed by atoms with Crippen LogP contribution in [0.4, 0.5) is 5.69 Å². The molecule has 1 aromatic heterocycles. The lowest BCUT2D eigenvalue weighted by molar-refractivity contribution is -0.128. The summed E-state index contributed by atoms with van der Waals surface area (Å²) >= 11 is 0. The van der Waals surface area contributed by atoms with Crippen LogP contribution in [-0.4, -0.2) is 35.4 Å². The summed E-state index contributed by atoms with van der Waals surface area (Å²) in [5.41, 5.74) is 3.03. The molecule has 0 aliphatic rings. The second-order valence-corrected chi connectivity index (χ2v) is 7.92. The second kappa shape index (κ2) is 9.96. The summed E-state index contributed by atoms with van der Waals surface area (Å²) < 4.78 is 0. The van der Waals surface area contributed by atoms with E-state index in [1.807, 2.05) is 60.8 Å². The quantitative estimate of drug-likeness (QED) is 0.439. The molecule has 0 saturated carbocycles. The van der Waals surface area contributed by atoms with Gasteiger partial charge in [0, 0.05) is 48.7 Å². The number of aromatic amines is 1. The lowest BCUT2D eigenvalue weighted by atomic mass is 10.0. The predicted octanol–water partition coefficient (Wildman–Crippen LogP) is 3.47. The number of aromatic nitrogens is 1. The fraction of sp³-hybridized carbons (Fsp3) is 0.333.